The molecule has 2 aromatic carbocycles. The van der Waals surface area contributed by atoms with Gasteiger partial charge in [-0.05, 0) is 58.0 Å². The molecule has 1 fully saturated rings. The Morgan fingerprint density at radius 3 is 2.75 bits per heavy atom. The molecule has 28 heavy (non-hydrogen) atoms. The highest BCUT2D eigenvalue weighted by atomic mass is 79.9. The Bertz CT molecular complexity index is 1030. The maximum atomic E-state index is 13.6. The Hall–Kier alpha value is -2.36. The van der Waals surface area contributed by atoms with Crippen molar-refractivity contribution in [2.24, 2.45) is 0 Å². The molecular formula is C18H11BrClFN2O4S. The lowest BCUT2D eigenvalue weighted by atomic mass is 10.2. The van der Waals surface area contributed by atoms with Crippen LogP contribution in [0.5, 0.6) is 5.75 Å². The highest BCUT2D eigenvalue weighted by molar-refractivity contribution is 9.10. The third-order valence-electron chi connectivity index (χ3n) is 3.67. The van der Waals surface area contributed by atoms with Gasteiger partial charge in [-0.1, -0.05) is 23.7 Å². The van der Waals surface area contributed by atoms with Gasteiger partial charge in [0, 0.05) is 10.6 Å². The normalized spacial score (nSPS) is 15.4. The number of nitrogens with one attached hydrogen (secondary N) is 1. The smallest absolute Gasteiger partial charge is 0.294 e. The molecule has 1 saturated heterocycles. The van der Waals surface area contributed by atoms with E-state index in [2.05, 4.69) is 21.2 Å². The van der Waals surface area contributed by atoms with Crippen molar-refractivity contribution in [3.63, 3.8) is 0 Å². The minimum atomic E-state index is -0.720. The molecule has 0 spiro atoms. The van der Waals surface area contributed by atoms with Crippen molar-refractivity contribution in [1.82, 2.24) is 4.90 Å². The molecule has 6 nitrogen and oxygen atoms in total. The van der Waals surface area contributed by atoms with Crippen LogP contribution in [-0.4, -0.2) is 33.6 Å². The zero-order valence-corrected chi connectivity index (χ0v) is 17.1. The molecule has 1 heterocycles. The SMILES string of the molecule is O=C(CN1C(=O)S/C(=C\c2cc(Cl)cc(Br)c2O)C1=O)Nc1ccccc1F. The van der Waals surface area contributed by atoms with Gasteiger partial charge in [0.1, 0.15) is 18.1 Å². The van der Waals surface area contributed by atoms with Crippen LogP contribution in [-0.2, 0) is 9.59 Å². The standard InChI is InChI=1S/C18H11BrClFN2O4S/c19-11-7-10(20)5-9(16(11)25)6-14-17(26)23(18(27)28-14)8-15(24)22-13-4-2-1-3-12(13)21/h1-7,25H,8H2,(H,22,24)/b14-6-. The minimum absolute atomic E-state index is 0.0214. The molecule has 1 aliphatic heterocycles. The van der Waals surface area contributed by atoms with Gasteiger partial charge in [0.05, 0.1) is 15.1 Å². The molecule has 0 saturated carbocycles. The number of carbonyl (C=O) groups is 3. The fourth-order valence-corrected chi connectivity index (χ4v) is 4.03. The zero-order chi connectivity index (χ0) is 20.4. The summed E-state index contributed by atoms with van der Waals surface area (Å²) in [5.74, 6) is -2.20. The van der Waals surface area contributed by atoms with Crippen LogP contribution < -0.4 is 5.32 Å². The number of nitrogens with zero attached hydrogens (tertiary/aromatic N) is 1. The summed E-state index contributed by atoms with van der Waals surface area (Å²) >= 11 is 9.70. The molecule has 1 aliphatic rings. The highest BCUT2D eigenvalue weighted by Gasteiger charge is 2.36. The molecule has 0 radical (unpaired) electrons. The number of phenolic OH excluding ortho intramolecular Hbond substituents is 1. The number of anilines is 1. The number of amides is 3. The van der Waals surface area contributed by atoms with Crippen molar-refractivity contribution < 1.29 is 23.9 Å². The van der Waals surface area contributed by atoms with Gasteiger partial charge in [-0.2, -0.15) is 0 Å². The first-order valence-corrected chi connectivity index (χ1v) is 9.73. The molecule has 2 aromatic rings. The van der Waals surface area contributed by atoms with Gasteiger partial charge in [0.25, 0.3) is 11.1 Å². The van der Waals surface area contributed by atoms with E-state index in [4.69, 9.17) is 11.6 Å². The third-order valence-corrected chi connectivity index (χ3v) is 5.40. The molecule has 0 atom stereocenters. The number of thioether (sulfide) groups is 1. The largest absolute Gasteiger partial charge is 0.506 e. The second-order valence-electron chi connectivity index (χ2n) is 5.62. The first kappa shape index (κ1) is 20.4. The number of hydrogen-bond donors (Lipinski definition) is 2. The summed E-state index contributed by atoms with van der Waals surface area (Å²) in [6.07, 6.45) is 1.31. The number of rotatable bonds is 4. The first-order chi connectivity index (χ1) is 13.3. The molecule has 0 aromatic heterocycles. The molecule has 144 valence electrons. The van der Waals surface area contributed by atoms with Crippen LogP contribution in [0, 0.1) is 5.82 Å². The van der Waals surface area contributed by atoms with Gasteiger partial charge in [0.2, 0.25) is 5.91 Å². The average Bonchev–Trinajstić information content (AvgIpc) is 2.88. The van der Waals surface area contributed by atoms with E-state index < -0.39 is 29.4 Å². The number of phenols is 1. The first-order valence-electron chi connectivity index (χ1n) is 7.74. The summed E-state index contributed by atoms with van der Waals surface area (Å²) in [6, 6.07) is 8.45. The van der Waals surface area contributed by atoms with E-state index >= 15 is 0 Å². The maximum Gasteiger partial charge on any atom is 0.294 e. The van der Waals surface area contributed by atoms with E-state index in [1.54, 1.807) is 0 Å². The number of aromatic hydroxyl groups is 1. The van der Waals surface area contributed by atoms with E-state index in [-0.39, 0.29) is 21.9 Å². The van der Waals surface area contributed by atoms with Crippen molar-refractivity contribution in [1.29, 1.82) is 0 Å². The molecule has 0 unspecified atom stereocenters. The Morgan fingerprint density at radius 1 is 1.32 bits per heavy atom. The molecule has 10 heteroatoms. The topological polar surface area (TPSA) is 86.7 Å². The molecule has 0 aliphatic carbocycles. The quantitative estimate of drug-likeness (QED) is 0.617. The minimum Gasteiger partial charge on any atom is -0.506 e. The van der Waals surface area contributed by atoms with Crippen molar-refractivity contribution in [2.45, 2.75) is 0 Å². The van der Waals surface area contributed by atoms with Gasteiger partial charge in [-0.15, -0.1) is 0 Å². The second kappa shape index (κ2) is 8.34. The number of benzene rings is 2. The number of halogens is 3. The molecule has 2 N–H and O–H groups in total. The molecular weight excluding hydrogens is 475 g/mol. The van der Waals surface area contributed by atoms with E-state index in [1.807, 2.05) is 0 Å². The lowest BCUT2D eigenvalue weighted by molar-refractivity contribution is -0.127. The Kier molecular flexibility index (Phi) is 6.07. The van der Waals surface area contributed by atoms with Gasteiger partial charge >= 0.3 is 0 Å². The summed E-state index contributed by atoms with van der Waals surface area (Å²) in [5.41, 5.74) is 0.185. The molecule has 3 amide bonds. The van der Waals surface area contributed by atoms with E-state index in [0.717, 1.165) is 4.90 Å². The Morgan fingerprint density at radius 2 is 2.04 bits per heavy atom. The third kappa shape index (κ3) is 4.37. The number of imide groups is 1. The zero-order valence-electron chi connectivity index (χ0n) is 13.9. The van der Waals surface area contributed by atoms with Crippen LogP contribution >= 0.6 is 39.3 Å². The predicted octanol–water partition coefficient (Wildman–Crippen LogP) is 4.62. The van der Waals surface area contributed by atoms with Gasteiger partial charge in [0.15, 0.2) is 0 Å². The van der Waals surface area contributed by atoms with Crippen LogP contribution in [0.15, 0.2) is 45.8 Å². The monoisotopic (exact) mass is 484 g/mol. The van der Waals surface area contributed by atoms with Crippen LogP contribution in [0.3, 0.4) is 0 Å². The van der Waals surface area contributed by atoms with Crippen molar-refractivity contribution in [3.05, 3.63) is 62.2 Å². The summed E-state index contributed by atoms with van der Waals surface area (Å²) < 4.78 is 13.9. The second-order valence-corrected chi connectivity index (χ2v) is 7.91. The molecule has 0 bridgehead atoms. The average molecular weight is 486 g/mol. The fourth-order valence-electron chi connectivity index (χ4n) is 2.37. The lowest BCUT2D eigenvalue weighted by Crippen LogP contribution is -2.36. The molecule has 3 rings (SSSR count). The summed E-state index contributed by atoms with van der Waals surface area (Å²) in [4.78, 5) is 37.5. The summed E-state index contributed by atoms with van der Waals surface area (Å²) in [6.45, 7) is -0.568. The van der Waals surface area contributed by atoms with Gasteiger partial charge in [-0.25, -0.2) is 4.39 Å². The van der Waals surface area contributed by atoms with Crippen LogP contribution in [0.1, 0.15) is 5.56 Å². The van der Waals surface area contributed by atoms with Gasteiger partial charge < -0.3 is 10.4 Å². The maximum absolute atomic E-state index is 13.6. The predicted molar refractivity (Wildman–Crippen MR) is 109 cm³/mol. The van der Waals surface area contributed by atoms with Crippen LogP contribution in [0.2, 0.25) is 5.02 Å². The highest BCUT2D eigenvalue weighted by Crippen LogP contribution is 2.37. The van der Waals surface area contributed by atoms with E-state index in [9.17, 15) is 23.9 Å². The van der Waals surface area contributed by atoms with E-state index in [1.165, 1.54) is 42.5 Å². The van der Waals surface area contributed by atoms with Crippen LogP contribution in [0.25, 0.3) is 6.08 Å². The number of carbonyl (C=O) groups excluding carboxylic acids is 3. The number of hydrogen-bond acceptors (Lipinski definition) is 5. The number of para-hydroxylation sites is 1. The van der Waals surface area contributed by atoms with Crippen molar-refractivity contribution in [3.8, 4) is 5.75 Å². The van der Waals surface area contributed by atoms with Crippen molar-refractivity contribution in [2.75, 3.05) is 11.9 Å². The fraction of sp³-hybridized carbons (Fsp3) is 0.0556. The van der Waals surface area contributed by atoms with E-state index in [0.29, 0.717) is 21.3 Å². The lowest BCUT2D eigenvalue weighted by Gasteiger charge is -2.12. The summed E-state index contributed by atoms with van der Waals surface area (Å²) in [5, 5.41) is 12.0. The Labute approximate surface area is 176 Å². The Balaban J connectivity index is 1.77. The van der Waals surface area contributed by atoms with Gasteiger partial charge in [-0.3, -0.25) is 19.3 Å². The van der Waals surface area contributed by atoms with Crippen LogP contribution in [0.4, 0.5) is 14.9 Å². The summed E-state index contributed by atoms with van der Waals surface area (Å²) in [7, 11) is 0. The van der Waals surface area contributed by atoms with Crippen molar-refractivity contribution >= 4 is 68.1 Å².